The second-order valence-corrected chi connectivity index (χ2v) is 6.20. The normalized spacial score (nSPS) is 25.3. The highest BCUT2D eigenvalue weighted by Gasteiger charge is 2.33. The summed E-state index contributed by atoms with van der Waals surface area (Å²) < 4.78 is 18.8. The van der Waals surface area contributed by atoms with E-state index in [0.717, 1.165) is 6.42 Å². The summed E-state index contributed by atoms with van der Waals surface area (Å²) in [7, 11) is 0. The maximum absolute atomic E-state index is 13.5. The zero-order valence-electron chi connectivity index (χ0n) is 12.8. The Kier molecular flexibility index (Phi) is 4.93. The van der Waals surface area contributed by atoms with Gasteiger partial charge in [0.1, 0.15) is 5.82 Å². The Morgan fingerprint density at radius 2 is 2.05 bits per heavy atom. The first-order valence-electron chi connectivity index (χ1n) is 8.16. The number of ether oxygens (including phenoxy) is 1. The summed E-state index contributed by atoms with van der Waals surface area (Å²) >= 11 is 0. The summed E-state index contributed by atoms with van der Waals surface area (Å²) in [5.74, 6) is -0.0454. The van der Waals surface area contributed by atoms with E-state index in [4.69, 9.17) is 4.74 Å². The molecule has 1 N–H and O–H groups in total. The third kappa shape index (κ3) is 3.58. The molecule has 2 fully saturated rings. The summed E-state index contributed by atoms with van der Waals surface area (Å²) in [6.07, 6.45) is 5.44. The van der Waals surface area contributed by atoms with Gasteiger partial charge in [-0.25, -0.2) is 9.18 Å². The number of amides is 1. The fourth-order valence-corrected chi connectivity index (χ4v) is 3.66. The monoisotopic (exact) mass is 306 g/mol. The number of hydrogen-bond acceptors (Lipinski definition) is 3. The van der Waals surface area contributed by atoms with Gasteiger partial charge in [-0.05, 0) is 50.9 Å². The molecule has 1 amide bonds. The molecular formula is C17H23FN2O2. The lowest BCUT2D eigenvalue weighted by Crippen LogP contribution is -2.49. The van der Waals surface area contributed by atoms with E-state index in [-0.39, 0.29) is 5.69 Å². The van der Waals surface area contributed by atoms with Crippen molar-refractivity contribution >= 4 is 11.8 Å². The molecule has 2 atom stereocenters. The predicted molar refractivity (Wildman–Crippen MR) is 83.3 cm³/mol. The molecule has 0 radical (unpaired) electrons. The average Bonchev–Trinajstić information content (AvgIpc) is 2.55. The van der Waals surface area contributed by atoms with Crippen LogP contribution in [-0.4, -0.2) is 36.7 Å². The first-order valence-corrected chi connectivity index (χ1v) is 8.16. The van der Waals surface area contributed by atoms with E-state index >= 15 is 0 Å². The second-order valence-electron chi connectivity index (χ2n) is 6.20. The number of nitrogens with one attached hydrogen (secondary N) is 1. The van der Waals surface area contributed by atoms with E-state index in [1.807, 2.05) is 0 Å². The fraction of sp³-hybridized carbons (Fsp3) is 0.588. The van der Waals surface area contributed by atoms with Gasteiger partial charge in [0.15, 0.2) is 0 Å². The molecule has 0 saturated carbocycles. The van der Waals surface area contributed by atoms with Gasteiger partial charge in [0.2, 0.25) is 0 Å². The number of nitrogens with zero attached hydrogens (tertiary/aromatic N) is 1. The van der Waals surface area contributed by atoms with Crippen LogP contribution < -0.4 is 5.32 Å². The average molecular weight is 306 g/mol. The third-order valence-corrected chi connectivity index (χ3v) is 4.77. The van der Waals surface area contributed by atoms with Gasteiger partial charge < -0.3 is 4.74 Å². The van der Waals surface area contributed by atoms with Crippen molar-refractivity contribution in [2.45, 2.75) is 38.1 Å². The summed E-state index contributed by atoms with van der Waals surface area (Å²) in [6, 6.07) is 6.66. The number of halogens is 1. The van der Waals surface area contributed by atoms with Gasteiger partial charge in [-0.1, -0.05) is 18.6 Å². The van der Waals surface area contributed by atoms with E-state index in [1.165, 1.54) is 50.9 Å². The lowest BCUT2D eigenvalue weighted by molar-refractivity contribution is 0.0261. The van der Waals surface area contributed by atoms with E-state index in [1.54, 1.807) is 12.1 Å². The second kappa shape index (κ2) is 7.09. The van der Waals surface area contributed by atoms with Gasteiger partial charge >= 0.3 is 6.09 Å². The Balaban J connectivity index is 1.51. The van der Waals surface area contributed by atoms with Crippen LogP contribution in [0.1, 0.15) is 32.1 Å². The number of anilines is 1. The zero-order valence-corrected chi connectivity index (χ0v) is 12.8. The molecule has 22 heavy (non-hydrogen) atoms. The van der Waals surface area contributed by atoms with Gasteiger partial charge in [0.05, 0.1) is 12.3 Å². The first-order chi connectivity index (χ1) is 10.7. The minimum absolute atomic E-state index is 0.162. The molecule has 0 spiro atoms. The molecule has 5 heteroatoms. The topological polar surface area (TPSA) is 41.6 Å². The van der Waals surface area contributed by atoms with Crippen LogP contribution in [0.2, 0.25) is 0 Å². The van der Waals surface area contributed by atoms with Crippen molar-refractivity contribution in [2.75, 3.05) is 25.0 Å². The predicted octanol–water partition coefficient (Wildman–Crippen LogP) is 3.64. The number of piperidine rings is 2. The van der Waals surface area contributed by atoms with E-state index in [2.05, 4.69) is 10.2 Å². The van der Waals surface area contributed by atoms with Crippen molar-refractivity contribution < 1.29 is 13.9 Å². The van der Waals surface area contributed by atoms with Crippen molar-refractivity contribution in [1.82, 2.24) is 4.90 Å². The Hall–Kier alpha value is -1.62. The fourth-order valence-electron chi connectivity index (χ4n) is 3.66. The van der Waals surface area contributed by atoms with Gasteiger partial charge in [-0.2, -0.15) is 0 Å². The maximum atomic E-state index is 13.5. The molecule has 2 aliphatic heterocycles. The lowest BCUT2D eigenvalue weighted by Gasteiger charge is -2.44. The Bertz CT molecular complexity index is 521. The molecule has 0 aliphatic carbocycles. The van der Waals surface area contributed by atoms with Gasteiger partial charge in [0.25, 0.3) is 0 Å². The molecule has 120 valence electrons. The van der Waals surface area contributed by atoms with E-state index in [9.17, 15) is 9.18 Å². The number of benzene rings is 1. The van der Waals surface area contributed by atoms with Crippen molar-refractivity contribution in [2.24, 2.45) is 5.92 Å². The van der Waals surface area contributed by atoms with Gasteiger partial charge in [-0.15, -0.1) is 0 Å². The SMILES string of the molecule is O=C(Nc1ccccc1F)OCC1CCCN2CCCCC12. The van der Waals surface area contributed by atoms with Crippen LogP contribution in [0.4, 0.5) is 14.9 Å². The molecule has 0 bridgehead atoms. The molecule has 2 heterocycles. The largest absolute Gasteiger partial charge is 0.449 e. The molecule has 4 nitrogen and oxygen atoms in total. The Morgan fingerprint density at radius 1 is 1.23 bits per heavy atom. The van der Waals surface area contributed by atoms with Crippen LogP contribution in [0.3, 0.4) is 0 Å². The highest BCUT2D eigenvalue weighted by molar-refractivity contribution is 5.84. The van der Waals surface area contributed by atoms with Crippen LogP contribution in [0.15, 0.2) is 24.3 Å². The number of hydrogen-bond donors (Lipinski definition) is 1. The molecule has 1 aromatic carbocycles. The highest BCUT2D eigenvalue weighted by Crippen LogP contribution is 2.31. The quantitative estimate of drug-likeness (QED) is 0.927. The van der Waals surface area contributed by atoms with Crippen molar-refractivity contribution in [3.05, 3.63) is 30.1 Å². The molecule has 0 aromatic heterocycles. The van der Waals surface area contributed by atoms with Gasteiger partial charge in [0, 0.05) is 12.0 Å². The molecule has 3 rings (SSSR count). The van der Waals surface area contributed by atoms with Crippen molar-refractivity contribution in [3.63, 3.8) is 0 Å². The smallest absolute Gasteiger partial charge is 0.411 e. The van der Waals surface area contributed by atoms with Crippen LogP contribution in [0.25, 0.3) is 0 Å². The summed E-state index contributed by atoms with van der Waals surface area (Å²) in [6.45, 7) is 2.76. The van der Waals surface area contributed by atoms with Crippen molar-refractivity contribution in [3.8, 4) is 0 Å². The van der Waals surface area contributed by atoms with E-state index < -0.39 is 11.9 Å². The van der Waals surface area contributed by atoms with Crippen molar-refractivity contribution in [1.29, 1.82) is 0 Å². The zero-order chi connectivity index (χ0) is 15.4. The Labute approximate surface area is 130 Å². The third-order valence-electron chi connectivity index (χ3n) is 4.77. The number of rotatable bonds is 3. The number of carbonyl (C=O) groups excluding carboxylic acids is 1. The van der Waals surface area contributed by atoms with Crippen LogP contribution in [0.5, 0.6) is 0 Å². The number of para-hydroxylation sites is 1. The maximum Gasteiger partial charge on any atom is 0.411 e. The molecule has 1 aromatic rings. The lowest BCUT2D eigenvalue weighted by atomic mass is 9.84. The minimum Gasteiger partial charge on any atom is -0.449 e. The number of fused-ring (bicyclic) bond motifs is 1. The Morgan fingerprint density at radius 3 is 2.91 bits per heavy atom. The standard InChI is InChI=1S/C17H23FN2O2/c18-14-7-1-2-8-15(14)19-17(21)22-12-13-6-5-11-20-10-4-3-9-16(13)20/h1-2,7-8,13,16H,3-6,9-12H2,(H,19,21). The first kappa shape index (κ1) is 15.3. The van der Waals surface area contributed by atoms with Crippen LogP contribution in [0, 0.1) is 11.7 Å². The summed E-state index contributed by atoms with van der Waals surface area (Å²) in [5, 5.41) is 2.47. The molecule has 2 unspecified atom stereocenters. The van der Waals surface area contributed by atoms with Gasteiger partial charge in [-0.3, -0.25) is 10.2 Å². The van der Waals surface area contributed by atoms with Crippen LogP contribution in [-0.2, 0) is 4.74 Å². The summed E-state index contributed by atoms with van der Waals surface area (Å²) in [4.78, 5) is 14.4. The molecule has 2 aliphatic rings. The number of carbonyl (C=O) groups is 1. The van der Waals surface area contributed by atoms with Crippen LogP contribution >= 0.6 is 0 Å². The summed E-state index contributed by atoms with van der Waals surface area (Å²) in [5.41, 5.74) is 0.162. The highest BCUT2D eigenvalue weighted by atomic mass is 19.1. The van der Waals surface area contributed by atoms with E-state index in [0.29, 0.717) is 18.6 Å². The molecular weight excluding hydrogens is 283 g/mol. The minimum atomic E-state index is -0.571. The molecule has 2 saturated heterocycles.